The van der Waals surface area contributed by atoms with Crippen molar-refractivity contribution >= 4 is 27.6 Å². The fraction of sp³-hybridized carbons (Fsp3) is 0.364. The van der Waals surface area contributed by atoms with Gasteiger partial charge in [-0.05, 0) is 54.8 Å². The zero-order valence-electron chi connectivity index (χ0n) is 17.4. The number of sulfonamides is 1. The Balaban J connectivity index is 1.54. The van der Waals surface area contributed by atoms with Crippen LogP contribution < -0.4 is 10.1 Å². The zero-order chi connectivity index (χ0) is 22.3. The van der Waals surface area contributed by atoms with E-state index in [1.807, 2.05) is 0 Å². The minimum Gasteiger partial charge on any atom is -0.482 e. The summed E-state index contributed by atoms with van der Waals surface area (Å²) in [5.74, 6) is -0.226. The number of amides is 1. The molecule has 0 aliphatic carbocycles. The van der Waals surface area contributed by atoms with Crippen LogP contribution in [0.5, 0.6) is 5.75 Å². The molecule has 0 radical (unpaired) electrons. The summed E-state index contributed by atoms with van der Waals surface area (Å²) in [6.07, 6.45) is 2.94. The van der Waals surface area contributed by atoms with Gasteiger partial charge in [-0.25, -0.2) is 13.2 Å². The van der Waals surface area contributed by atoms with Gasteiger partial charge in [0.2, 0.25) is 15.9 Å². The minimum absolute atomic E-state index is 0.116. The lowest BCUT2D eigenvalue weighted by molar-refractivity contribution is -0.142. The number of carbonyl (C=O) groups is 2. The maximum atomic E-state index is 12.7. The smallest absolute Gasteiger partial charge is 0.343 e. The Labute approximate surface area is 182 Å². The van der Waals surface area contributed by atoms with Crippen LogP contribution >= 0.6 is 0 Å². The minimum atomic E-state index is -3.48. The van der Waals surface area contributed by atoms with E-state index in [2.05, 4.69) is 10.1 Å². The van der Waals surface area contributed by atoms with Crippen LogP contribution in [0.2, 0.25) is 0 Å². The number of nitrogens with one attached hydrogen (secondary N) is 1. The lowest BCUT2D eigenvalue weighted by Gasteiger charge is -2.25. The molecule has 31 heavy (non-hydrogen) atoms. The Bertz CT molecular complexity index is 997. The monoisotopic (exact) mass is 446 g/mol. The van der Waals surface area contributed by atoms with Crippen molar-refractivity contribution in [2.24, 2.45) is 0 Å². The first-order valence-corrected chi connectivity index (χ1v) is 11.5. The molecule has 0 spiro atoms. The van der Waals surface area contributed by atoms with E-state index in [1.54, 1.807) is 48.5 Å². The van der Waals surface area contributed by atoms with Gasteiger partial charge in [-0.1, -0.05) is 18.6 Å². The first-order valence-electron chi connectivity index (χ1n) is 10.1. The standard InChI is InChI=1S/C22H26N2O6S/c1-29-22(26)16-30-19-9-7-18(8-10-19)23-21(25)15-17-5-11-20(12-6-17)31(27,28)24-13-3-2-4-14-24/h5-12H,2-4,13-16H2,1H3,(H,23,25). The number of ether oxygens (including phenoxy) is 2. The molecular formula is C22H26N2O6S. The topological polar surface area (TPSA) is 102 Å². The Morgan fingerprint density at radius 2 is 1.61 bits per heavy atom. The molecule has 3 rings (SSSR count). The maximum absolute atomic E-state index is 12.7. The molecule has 1 aliphatic heterocycles. The van der Waals surface area contributed by atoms with Gasteiger partial charge in [0.1, 0.15) is 5.75 Å². The molecule has 8 nitrogen and oxygen atoms in total. The van der Waals surface area contributed by atoms with Crippen LogP contribution in [0.1, 0.15) is 24.8 Å². The van der Waals surface area contributed by atoms with Gasteiger partial charge >= 0.3 is 5.97 Å². The quantitative estimate of drug-likeness (QED) is 0.626. The SMILES string of the molecule is COC(=O)COc1ccc(NC(=O)Cc2ccc(S(=O)(=O)N3CCCCC3)cc2)cc1. The molecule has 166 valence electrons. The van der Waals surface area contributed by atoms with Crippen molar-refractivity contribution < 1.29 is 27.5 Å². The molecule has 1 N–H and O–H groups in total. The van der Waals surface area contributed by atoms with Gasteiger partial charge in [-0.3, -0.25) is 4.79 Å². The molecule has 0 unspecified atom stereocenters. The third-order valence-electron chi connectivity index (χ3n) is 4.96. The number of nitrogens with zero attached hydrogens (tertiary/aromatic N) is 1. The maximum Gasteiger partial charge on any atom is 0.343 e. The predicted octanol–water partition coefficient (Wildman–Crippen LogP) is 2.59. The molecule has 1 aliphatic rings. The Hall–Kier alpha value is -2.91. The van der Waals surface area contributed by atoms with Gasteiger partial charge in [-0.2, -0.15) is 4.31 Å². The summed E-state index contributed by atoms with van der Waals surface area (Å²) in [6, 6.07) is 13.1. The number of rotatable bonds is 8. The summed E-state index contributed by atoms with van der Waals surface area (Å²) in [6.45, 7) is 0.920. The van der Waals surface area contributed by atoms with Crippen LogP contribution in [0.25, 0.3) is 0 Å². The predicted molar refractivity (Wildman–Crippen MR) is 115 cm³/mol. The van der Waals surface area contributed by atoms with Crippen molar-refractivity contribution in [2.75, 3.05) is 32.1 Å². The summed E-state index contributed by atoms with van der Waals surface area (Å²) >= 11 is 0. The molecule has 1 fully saturated rings. The van der Waals surface area contributed by atoms with Crippen LogP contribution in [0.4, 0.5) is 5.69 Å². The summed E-state index contributed by atoms with van der Waals surface area (Å²) in [4.78, 5) is 23.7. The van der Waals surface area contributed by atoms with E-state index < -0.39 is 16.0 Å². The molecule has 0 bridgehead atoms. The normalized spacial score (nSPS) is 14.6. The fourth-order valence-corrected chi connectivity index (χ4v) is 4.78. The molecule has 9 heteroatoms. The Morgan fingerprint density at radius 1 is 0.968 bits per heavy atom. The van der Waals surface area contributed by atoms with Crippen molar-refractivity contribution in [3.63, 3.8) is 0 Å². The third-order valence-corrected chi connectivity index (χ3v) is 6.88. The van der Waals surface area contributed by atoms with Crippen molar-refractivity contribution in [1.82, 2.24) is 4.31 Å². The summed E-state index contributed by atoms with van der Waals surface area (Å²) in [7, 11) is -2.20. The average Bonchev–Trinajstić information content (AvgIpc) is 2.79. The van der Waals surface area contributed by atoms with Crippen LogP contribution in [0, 0.1) is 0 Å². The van der Waals surface area contributed by atoms with Gasteiger partial charge in [0.05, 0.1) is 18.4 Å². The second-order valence-corrected chi connectivity index (χ2v) is 9.16. The summed E-state index contributed by atoms with van der Waals surface area (Å²) in [5, 5.41) is 2.78. The number of anilines is 1. The number of hydrogen-bond donors (Lipinski definition) is 1. The van der Waals surface area contributed by atoms with E-state index in [0.29, 0.717) is 30.1 Å². The summed E-state index contributed by atoms with van der Waals surface area (Å²) in [5.41, 5.74) is 1.30. The second kappa shape index (κ2) is 10.4. The van der Waals surface area contributed by atoms with Gasteiger partial charge < -0.3 is 14.8 Å². The lowest BCUT2D eigenvalue weighted by atomic mass is 10.1. The van der Waals surface area contributed by atoms with Crippen molar-refractivity contribution in [3.8, 4) is 5.75 Å². The average molecular weight is 447 g/mol. The zero-order valence-corrected chi connectivity index (χ0v) is 18.2. The van der Waals surface area contributed by atoms with E-state index in [9.17, 15) is 18.0 Å². The molecule has 1 saturated heterocycles. The first-order chi connectivity index (χ1) is 14.9. The van der Waals surface area contributed by atoms with Crippen LogP contribution in [-0.4, -0.2) is 51.4 Å². The van der Waals surface area contributed by atoms with Gasteiger partial charge in [0, 0.05) is 18.8 Å². The molecule has 2 aromatic rings. The van der Waals surface area contributed by atoms with Crippen molar-refractivity contribution in [2.45, 2.75) is 30.6 Å². The largest absolute Gasteiger partial charge is 0.482 e. The molecule has 2 aromatic carbocycles. The highest BCUT2D eigenvalue weighted by Crippen LogP contribution is 2.21. The van der Waals surface area contributed by atoms with Crippen LogP contribution in [0.3, 0.4) is 0 Å². The molecule has 0 saturated carbocycles. The lowest BCUT2D eigenvalue weighted by Crippen LogP contribution is -2.35. The number of carbonyl (C=O) groups excluding carboxylic acids is 2. The van der Waals surface area contributed by atoms with E-state index in [0.717, 1.165) is 19.3 Å². The van der Waals surface area contributed by atoms with Crippen molar-refractivity contribution in [3.05, 3.63) is 54.1 Å². The summed E-state index contributed by atoms with van der Waals surface area (Å²) < 4.78 is 36.7. The first kappa shape index (κ1) is 22.8. The number of methoxy groups -OCH3 is 1. The van der Waals surface area contributed by atoms with Gasteiger partial charge in [0.25, 0.3) is 0 Å². The fourth-order valence-electron chi connectivity index (χ4n) is 3.26. The highest BCUT2D eigenvalue weighted by Gasteiger charge is 2.25. The van der Waals surface area contributed by atoms with E-state index >= 15 is 0 Å². The Morgan fingerprint density at radius 3 is 2.23 bits per heavy atom. The highest BCUT2D eigenvalue weighted by atomic mass is 32.2. The van der Waals surface area contributed by atoms with Gasteiger partial charge in [0.15, 0.2) is 6.61 Å². The van der Waals surface area contributed by atoms with Crippen LogP contribution in [0.15, 0.2) is 53.4 Å². The van der Waals surface area contributed by atoms with E-state index in [4.69, 9.17) is 4.74 Å². The number of piperidine rings is 1. The molecular weight excluding hydrogens is 420 g/mol. The van der Waals surface area contributed by atoms with E-state index in [-0.39, 0.29) is 23.8 Å². The van der Waals surface area contributed by atoms with E-state index in [1.165, 1.54) is 11.4 Å². The number of benzene rings is 2. The number of hydrogen-bond acceptors (Lipinski definition) is 6. The third kappa shape index (κ3) is 6.28. The molecule has 1 amide bonds. The molecule has 1 heterocycles. The van der Waals surface area contributed by atoms with Crippen LogP contribution in [-0.2, 0) is 30.8 Å². The Kier molecular flexibility index (Phi) is 7.64. The van der Waals surface area contributed by atoms with Gasteiger partial charge in [-0.15, -0.1) is 0 Å². The van der Waals surface area contributed by atoms with Crippen molar-refractivity contribution in [1.29, 1.82) is 0 Å². The second-order valence-electron chi connectivity index (χ2n) is 7.22. The highest BCUT2D eigenvalue weighted by molar-refractivity contribution is 7.89. The molecule has 0 aromatic heterocycles. The molecule has 0 atom stereocenters. The number of esters is 1.